The Morgan fingerprint density at radius 1 is 1.44 bits per heavy atom. The van der Waals surface area contributed by atoms with E-state index in [1.165, 1.54) is 11.3 Å². The second kappa shape index (κ2) is 6.32. The minimum Gasteiger partial charge on any atom is -0.394 e. The van der Waals surface area contributed by atoms with Crippen LogP contribution in [0.1, 0.15) is 35.9 Å². The number of hydrogen-bond donors (Lipinski definition) is 2. The van der Waals surface area contributed by atoms with E-state index >= 15 is 0 Å². The van der Waals surface area contributed by atoms with Crippen LogP contribution < -0.4 is 5.73 Å². The molecule has 1 fully saturated rings. The van der Waals surface area contributed by atoms with E-state index in [1.54, 1.807) is 0 Å². The Morgan fingerprint density at radius 2 is 2.06 bits per heavy atom. The van der Waals surface area contributed by atoms with Crippen molar-refractivity contribution in [3.8, 4) is 0 Å². The van der Waals surface area contributed by atoms with Crippen molar-refractivity contribution >= 4 is 23.7 Å². The second-order valence-electron chi connectivity index (χ2n) is 5.15. The van der Waals surface area contributed by atoms with E-state index < -0.39 is 0 Å². The first-order chi connectivity index (χ1) is 8.02. The lowest BCUT2D eigenvalue weighted by atomic mass is 9.96. The van der Waals surface area contributed by atoms with Crippen LogP contribution in [0, 0.1) is 5.41 Å². The van der Waals surface area contributed by atoms with Gasteiger partial charge in [0.25, 0.3) is 0 Å². The molecule has 104 valence electrons. The fraction of sp³-hybridized carbons (Fsp3) is 0.667. The van der Waals surface area contributed by atoms with Crippen LogP contribution >= 0.6 is 23.7 Å². The highest BCUT2D eigenvalue weighted by Gasteiger charge is 2.30. The van der Waals surface area contributed by atoms with E-state index in [9.17, 15) is 0 Å². The number of nitrogens with two attached hydrogens (primary N) is 1. The second-order valence-corrected chi connectivity index (χ2v) is 6.29. The summed E-state index contributed by atoms with van der Waals surface area (Å²) in [7, 11) is 0. The van der Waals surface area contributed by atoms with Gasteiger partial charge in [0.1, 0.15) is 0 Å². The molecule has 2 heterocycles. The zero-order valence-electron chi connectivity index (χ0n) is 10.6. The van der Waals surface area contributed by atoms with Crippen LogP contribution in [-0.2, 0) is 9.47 Å². The largest absolute Gasteiger partial charge is 0.394 e. The predicted octanol–water partition coefficient (Wildman–Crippen LogP) is 2.23. The molecule has 0 bridgehead atoms. The van der Waals surface area contributed by atoms with Gasteiger partial charge in [-0.15, -0.1) is 23.7 Å². The fourth-order valence-electron chi connectivity index (χ4n) is 1.64. The van der Waals surface area contributed by atoms with Gasteiger partial charge in [-0.3, -0.25) is 0 Å². The smallest absolute Gasteiger partial charge is 0.193 e. The standard InChI is InChI=1S/C12H19NO3S.ClH/c1-12(2)6-15-11(16-7-12)10-4-3-9(17-10)8(13)5-14;/h3-4,8,11,14H,5-7,13H2,1-2H3;1H/t8-;/m1./s1. The third-order valence-corrected chi connectivity index (χ3v) is 3.93. The van der Waals surface area contributed by atoms with Crippen LogP contribution in [0.3, 0.4) is 0 Å². The van der Waals surface area contributed by atoms with E-state index in [2.05, 4.69) is 13.8 Å². The van der Waals surface area contributed by atoms with Crippen LogP contribution in [0.2, 0.25) is 0 Å². The molecule has 0 radical (unpaired) electrons. The molecule has 1 aromatic rings. The third kappa shape index (κ3) is 3.66. The molecule has 0 aliphatic carbocycles. The molecule has 4 nitrogen and oxygen atoms in total. The molecular formula is C12H20ClNO3S. The van der Waals surface area contributed by atoms with E-state index in [1.807, 2.05) is 12.1 Å². The molecule has 1 saturated heterocycles. The molecule has 1 aliphatic rings. The van der Waals surface area contributed by atoms with Crippen LogP contribution in [0.4, 0.5) is 0 Å². The average molecular weight is 294 g/mol. The van der Waals surface area contributed by atoms with Crippen molar-refractivity contribution in [2.75, 3.05) is 19.8 Å². The first kappa shape index (κ1) is 15.9. The Balaban J connectivity index is 0.00000162. The average Bonchev–Trinajstić information content (AvgIpc) is 2.77. The Kier molecular flexibility index (Phi) is 5.58. The zero-order valence-corrected chi connectivity index (χ0v) is 12.2. The van der Waals surface area contributed by atoms with Gasteiger partial charge in [-0.2, -0.15) is 0 Å². The number of thiophene rings is 1. The summed E-state index contributed by atoms with van der Waals surface area (Å²) in [6.07, 6.45) is -0.285. The van der Waals surface area contributed by atoms with Crippen molar-refractivity contribution < 1.29 is 14.6 Å². The van der Waals surface area contributed by atoms with Crippen molar-refractivity contribution in [3.05, 3.63) is 21.9 Å². The summed E-state index contributed by atoms with van der Waals surface area (Å²) in [6, 6.07) is 3.57. The molecule has 1 aliphatic heterocycles. The van der Waals surface area contributed by atoms with Crippen molar-refractivity contribution in [1.82, 2.24) is 0 Å². The van der Waals surface area contributed by atoms with Crippen LogP contribution in [-0.4, -0.2) is 24.9 Å². The van der Waals surface area contributed by atoms with Crippen LogP contribution in [0.5, 0.6) is 0 Å². The minimum atomic E-state index is -0.311. The molecule has 1 atom stereocenters. The molecule has 0 unspecified atom stereocenters. The van der Waals surface area contributed by atoms with Gasteiger partial charge in [0, 0.05) is 10.3 Å². The molecule has 3 N–H and O–H groups in total. The molecule has 0 aromatic carbocycles. The molecule has 0 saturated carbocycles. The Morgan fingerprint density at radius 3 is 2.61 bits per heavy atom. The van der Waals surface area contributed by atoms with Gasteiger partial charge in [-0.05, 0) is 12.1 Å². The van der Waals surface area contributed by atoms with Crippen molar-refractivity contribution in [3.63, 3.8) is 0 Å². The summed E-state index contributed by atoms with van der Waals surface area (Å²) < 4.78 is 11.4. The highest BCUT2D eigenvalue weighted by Crippen LogP contribution is 2.35. The van der Waals surface area contributed by atoms with Crippen molar-refractivity contribution in [2.45, 2.75) is 26.2 Å². The van der Waals surface area contributed by atoms with Gasteiger partial charge in [0.05, 0.1) is 30.7 Å². The molecule has 1 aromatic heterocycles. The maximum Gasteiger partial charge on any atom is 0.193 e. The zero-order chi connectivity index (χ0) is 12.5. The first-order valence-electron chi connectivity index (χ1n) is 5.71. The molecule has 18 heavy (non-hydrogen) atoms. The summed E-state index contributed by atoms with van der Waals surface area (Å²) in [5.74, 6) is 0. The lowest BCUT2D eigenvalue weighted by Crippen LogP contribution is -2.33. The summed E-state index contributed by atoms with van der Waals surface area (Å²) in [6.45, 7) is 5.57. The number of hydrogen-bond acceptors (Lipinski definition) is 5. The lowest BCUT2D eigenvalue weighted by molar-refractivity contribution is -0.224. The molecule has 2 rings (SSSR count). The lowest BCUT2D eigenvalue weighted by Gasteiger charge is -2.34. The highest BCUT2D eigenvalue weighted by atomic mass is 35.5. The van der Waals surface area contributed by atoms with Gasteiger partial charge < -0.3 is 20.3 Å². The van der Waals surface area contributed by atoms with E-state index in [4.69, 9.17) is 20.3 Å². The number of rotatable bonds is 3. The monoisotopic (exact) mass is 293 g/mol. The number of halogens is 1. The van der Waals surface area contributed by atoms with Gasteiger partial charge in [-0.25, -0.2) is 0 Å². The maximum absolute atomic E-state index is 9.00. The highest BCUT2D eigenvalue weighted by molar-refractivity contribution is 7.12. The van der Waals surface area contributed by atoms with E-state index in [-0.39, 0.29) is 36.8 Å². The van der Waals surface area contributed by atoms with Crippen LogP contribution in [0.15, 0.2) is 12.1 Å². The Bertz CT molecular complexity index is 373. The number of aliphatic hydroxyl groups excluding tert-OH is 1. The minimum absolute atomic E-state index is 0. The van der Waals surface area contributed by atoms with E-state index in [0.717, 1.165) is 9.75 Å². The van der Waals surface area contributed by atoms with Gasteiger partial charge in [0.15, 0.2) is 6.29 Å². The quantitative estimate of drug-likeness (QED) is 0.897. The van der Waals surface area contributed by atoms with E-state index in [0.29, 0.717) is 13.2 Å². The normalized spacial score (nSPS) is 21.3. The Labute approximate surface area is 117 Å². The number of aliphatic hydroxyl groups is 1. The predicted molar refractivity (Wildman–Crippen MR) is 74.0 cm³/mol. The summed E-state index contributed by atoms with van der Waals surface area (Å²) in [4.78, 5) is 1.97. The van der Waals surface area contributed by atoms with Gasteiger partial charge >= 0.3 is 0 Å². The topological polar surface area (TPSA) is 64.7 Å². The summed E-state index contributed by atoms with van der Waals surface area (Å²) in [5.41, 5.74) is 5.84. The molecule has 6 heteroatoms. The molecular weight excluding hydrogens is 274 g/mol. The first-order valence-corrected chi connectivity index (χ1v) is 6.53. The Hall–Kier alpha value is -0.170. The van der Waals surface area contributed by atoms with Crippen molar-refractivity contribution in [2.24, 2.45) is 11.1 Å². The molecule has 0 spiro atoms. The summed E-state index contributed by atoms with van der Waals surface area (Å²) in [5, 5.41) is 9.00. The van der Waals surface area contributed by atoms with Crippen LogP contribution in [0.25, 0.3) is 0 Å². The number of ether oxygens (including phenoxy) is 2. The summed E-state index contributed by atoms with van der Waals surface area (Å²) >= 11 is 1.54. The SMILES string of the molecule is CC1(C)COC(c2ccc([C@H](N)CO)s2)OC1.Cl. The fourth-order valence-corrected chi connectivity index (χ4v) is 2.64. The van der Waals surface area contributed by atoms with Gasteiger partial charge in [0.2, 0.25) is 0 Å². The maximum atomic E-state index is 9.00. The van der Waals surface area contributed by atoms with Crippen molar-refractivity contribution in [1.29, 1.82) is 0 Å². The van der Waals surface area contributed by atoms with Gasteiger partial charge in [-0.1, -0.05) is 13.8 Å². The third-order valence-electron chi connectivity index (χ3n) is 2.69. The molecule has 0 amide bonds.